The predicted octanol–water partition coefficient (Wildman–Crippen LogP) is 0.0996. The van der Waals surface area contributed by atoms with Gasteiger partial charge in [-0.2, -0.15) is 5.10 Å². The van der Waals surface area contributed by atoms with Crippen LogP contribution < -0.4 is 10.7 Å². The lowest BCUT2D eigenvalue weighted by Crippen LogP contribution is -2.42. The molecule has 0 atom stereocenters. The van der Waals surface area contributed by atoms with Crippen molar-refractivity contribution in [2.75, 3.05) is 19.7 Å². The maximum Gasteiger partial charge on any atom is 0.355 e. The first-order chi connectivity index (χ1) is 13.4. The van der Waals surface area contributed by atoms with Crippen molar-refractivity contribution in [1.29, 1.82) is 0 Å². The number of rotatable bonds is 8. The monoisotopic (exact) mass is 392 g/mol. The van der Waals surface area contributed by atoms with Crippen LogP contribution >= 0.6 is 0 Å². The lowest BCUT2D eigenvalue weighted by atomic mass is 10.2. The molecule has 0 saturated heterocycles. The van der Waals surface area contributed by atoms with Crippen LogP contribution in [-0.2, 0) is 30.5 Å². The van der Waals surface area contributed by atoms with Crippen molar-refractivity contribution in [1.82, 2.24) is 15.6 Å². The van der Waals surface area contributed by atoms with Crippen LogP contribution in [-0.4, -0.2) is 54.0 Å². The van der Waals surface area contributed by atoms with Crippen molar-refractivity contribution in [3.8, 4) is 0 Å². The zero-order chi connectivity index (χ0) is 20.5. The van der Waals surface area contributed by atoms with E-state index >= 15 is 0 Å². The molecule has 1 aliphatic heterocycles. The molecule has 1 aliphatic rings. The second kappa shape index (κ2) is 10.1. The number of nitrogens with one attached hydrogen (secondary N) is 2. The molecule has 2 N–H and O–H groups in total. The quantitative estimate of drug-likeness (QED) is 0.609. The van der Waals surface area contributed by atoms with Gasteiger partial charge in [0, 0.05) is 25.9 Å². The minimum Gasteiger partial charge on any atom is -0.451 e. The van der Waals surface area contributed by atoms with Gasteiger partial charge in [-0.1, -0.05) is 12.1 Å². The van der Waals surface area contributed by atoms with Gasteiger partial charge in [0.1, 0.15) is 11.5 Å². The average Bonchev–Trinajstić information content (AvgIpc) is 2.70. The van der Waals surface area contributed by atoms with E-state index in [1.54, 1.807) is 19.1 Å². The van der Waals surface area contributed by atoms with E-state index in [2.05, 4.69) is 15.8 Å². The largest absolute Gasteiger partial charge is 0.451 e. The Balaban J connectivity index is 1.77. The highest BCUT2D eigenvalue weighted by molar-refractivity contribution is 6.37. The molecule has 0 unspecified atom stereocenters. The number of hydrazone groups is 1. The molecule has 0 spiro atoms. The summed E-state index contributed by atoms with van der Waals surface area (Å²) in [4.78, 5) is 48.3. The van der Waals surface area contributed by atoms with Crippen molar-refractivity contribution in [2.24, 2.45) is 5.10 Å². The van der Waals surface area contributed by atoms with E-state index < -0.39 is 24.4 Å². The van der Waals surface area contributed by atoms with Gasteiger partial charge < -0.3 is 15.0 Å². The number of benzene rings is 1. The Labute approximate surface area is 160 Å². The first kappa shape index (κ1) is 21.0. The molecule has 3 amide bonds. The van der Waals surface area contributed by atoms with E-state index in [1.165, 1.54) is 17.0 Å². The Hall–Kier alpha value is -3.30. The summed E-state index contributed by atoms with van der Waals surface area (Å²) in [6.45, 7) is 1.40. The Morgan fingerprint density at radius 3 is 2.57 bits per heavy atom. The Morgan fingerprint density at radius 1 is 1.25 bits per heavy atom. The molecule has 9 nitrogen and oxygen atoms in total. The fraction of sp³-hybridized carbons (Fsp3) is 0.389. The van der Waals surface area contributed by atoms with Crippen molar-refractivity contribution in [3.63, 3.8) is 0 Å². The minimum absolute atomic E-state index is 0.0347. The summed E-state index contributed by atoms with van der Waals surface area (Å²) in [7, 11) is 0. The number of amides is 3. The summed E-state index contributed by atoms with van der Waals surface area (Å²) < 4.78 is 17.8. The molecule has 150 valence electrons. The average molecular weight is 392 g/mol. The van der Waals surface area contributed by atoms with Crippen LogP contribution in [0.4, 0.5) is 4.39 Å². The van der Waals surface area contributed by atoms with Crippen molar-refractivity contribution < 1.29 is 28.3 Å². The number of nitrogens with zero attached hydrogens (tertiary/aromatic N) is 2. The Morgan fingerprint density at radius 2 is 1.96 bits per heavy atom. The van der Waals surface area contributed by atoms with Crippen LogP contribution in [0.5, 0.6) is 0 Å². The van der Waals surface area contributed by atoms with Crippen LogP contribution in [0.25, 0.3) is 0 Å². The second-order valence-electron chi connectivity index (χ2n) is 5.98. The molecule has 1 aromatic rings. The number of carbonyl (C=O) groups is 4. The zero-order valence-corrected chi connectivity index (χ0v) is 15.4. The number of hydrogen-bond donors (Lipinski definition) is 2. The van der Waals surface area contributed by atoms with Crippen LogP contribution in [0, 0.1) is 5.82 Å². The van der Waals surface area contributed by atoms with Crippen molar-refractivity contribution in [2.45, 2.75) is 26.3 Å². The highest BCUT2D eigenvalue weighted by Gasteiger charge is 2.22. The summed E-state index contributed by atoms with van der Waals surface area (Å²) in [6, 6.07) is 5.68. The number of likely N-dealkylation sites (N-methyl/N-ethyl adjacent to an activating group) is 1. The molecule has 0 saturated carbocycles. The van der Waals surface area contributed by atoms with Crippen molar-refractivity contribution in [3.05, 3.63) is 35.6 Å². The maximum absolute atomic E-state index is 12.9. The molecule has 0 fully saturated rings. The molecule has 2 rings (SSSR count). The molecule has 0 aliphatic carbocycles. The van der Waals surface area contributed by atoms with E-state index in [9.17, 15) is 23.6 Å². The van der Waals surface area contributed by atoms with Crippen LogP contribution in [0.3, 0.4) is 0 Å². The molecule has 10 heteroatoms. The first-order valence-corrected chi connectivity index (χ1v) is 8.70. The fourth-order valence-electron chi connectivity index (χ4n) is 2.33. The minimum atomic E-state index is -0.787. The normalized spacial score (nSPS) is 13.2. The predicted molar refractivity (Wildman–Crippen MR) is 96.3 cm³/mol. The topological polar surface area (TPSA) is 117 Å². The van der Waals surface area contributed by atoms with Gasteiger partial charge in [0.05, 0.1) is 6.54 Å². The van der Waals surface area contributed by atoms with E-state index in [0.29, 0.717) is 0 Å². The van der Waals surface area contributed by atoms with E-state index in [-0.39, 0.29) is 49.9 Å². The SMILES string of the molecule is CCN(CC(=O)NCc1ccc(F)cc1)C(=O)COC(=O)C1=NNC(=O)CC1. The second-order valence-corrected chi connectivity index (χ2v) is 5.98. The van der Waals surface area contributed by atoms with Crippen LogP contribution in [0.15, 0.2) is 29.4 Å². The first-order valence-electron chi connectivity index (χ1n) is 8.70. The molecular formula is C18H21FN4O5. The molecule has 0 radical (unpaired) electrons. The third-order valence-corrected chi connectivity index (χ3v) is 3.94. The van der Waals surface area contributed by atoms with Gasteiger partial charge in [-0.15, -0.1) is 0 Å². The smallest absolute Gasteiger partial charge is 0.355 e. The number of hydrogen-bond acceptors (Lipinski definition) is 6. The van der Waals surface area contributed by atoms with Crippen LogP contribution in [0.2, 0.25) is 0 Å². The van der Waals surface area contributed by atoms with Gasteiger partial charge in [0.15, 0.2) is 6.61 Å². The van der Waals surface area contributed by atoms with Gasteiger partial charge in [-0.3, -0.25) is 14.4 Å². The maximum atomic E-state index is 12.9. The summed E-state index contributed by atoms with van der Waals surface area (Å²) in [6.07, 6.45) is 0.263. The lowest BCUT2D eigenvalue weighted by molar-refractivity contribution is -0.148. The number of ether oxygens (including phenoxy) is 1. The molecular weight excluding hydrogens is 371 g/mol. The standard InChI is InChI=1S/C18H21FN4O5/c1-2-23(10-16(25)20-9-12-3-5-13(19)6-4-12)17(26)11-28-18(27)14-7-8-15(24)22-21-14/h3-6H,2,7-11H2,1H3,(H,20,25)(H,22,24). The molecule has 0 bridgehead atoms. The third kappa shape index (κ3) is 6.45. The van der Waals surface area contributed by atoms with Gasteiger partial charge >= 0.3 is 5.97 Å². The van der Waals surface area contributed by atoms with Gasteiger partial charge in [0.2, 0.25) is 11.8 Å². The highest BCUT2D eigenvalue weighted by atomic mass is 19.1. The molecule has 1 heterocycles. The lowest BCUT2D eigenvalue weighted by Gasteiger charge is -2.20. The van der Waals surface area contributed by atoms with Crippen LogP contribution in [0.1, 0.15) is 25.3 Å². The van der Waals surface area contributed by atoms with E-state index in [4.69, 9.17) is 4.74 Å². The molecule has 0 aromatic heterocycles. The molecule has 28 heavy (non-hydrogen) atoms. The summed E-state index contributed by atoms with van der Waals surface area (Å²) in [5.41, 5.74) is 2.93. The molecule has 1 aromatic carbocycles. The summed E-state index contributed by atoms with van der Waals surface area (Å²) >= 11 is 0. The van der Waals surface area contributed by atoms with E-state index in [0.717, 1.165) is 5.56 Å². The van der Waals surface area contributed by atoms with Gasteiger partial charge in [-0.25, -0.2) is 14.6 Å². The van der Waals surface area contributed by atoms with Gasteiger partial charge in [0.25, 0.3) is 5.91 Å². The third-order valence-electron chi connectivity index (χ3n) is 3.94. The van der Waals surface area contributed by atoms with Gasteiger partial charge in [-0.05, 0) is 24.6 Å². The summed E-state index contributed by atoms with van der Waals surface area (Å²) in [5.74, 6) is -2.38. The number of halogens is 1. The fourth-order valence-corrected chi connectivity index (χ4v) is 2.33. The Kier molecular flexibility index (Phi) is 7.61. The summed E-state index contributed by atoms with van der Waals surface area (Å²) in [5, 5.41) is 6.23. The highest BCUT2D eigenvalue weighted by Crippen LogP contribution is 2.03. The number of carbonyl (C=O) groups excluding carboxylic acids is 4. The Bertz CT molecular complexity index is 779. The number of esters is 1. The zero-order valence-electron chi connectivity index (χ0n) is 15.4. The van der Waals surface area contributed by atoms with E-state index in [1.807, 2.05) is 0 Å². The van der Waals surface area contributed by atoms with Crippen molar-refractivity contribution >= 4 is 29.4 Å².